The second-order valence-electron chi connectivity index (χ2n) is 3.82. The molecule has 1 N–H and O–H groups in total. The maximum Gasteiger partial charge on any atom is 0.297 e. The van der Waals surface area contributed by atoms with Gasteiger partial charge in [-0.3, -0.25) is 0 Å². The van der Waals surface area contributed by atoms with Crippen molar-refractivity contribution in [1.82, 2.24) is 9.97 Å². The van der Waals surface area contributed by atoms with E-state index in [1.165, 1.54) is 0 Å². The van der Waals surface area contributed by atoms with E-state index < -0.39 is 12.2 Å². The summed E-state index contributed by atoms with van der Waals surface area (Å²) >= 11 is 3.35. The Morgan fingerprint density at radius 2 is 2.11 bits per heavy atom. The summed E-state index contributed by atoms with van der Waals surface area (Å²) in [5.74, 6) is 0.0156. The van der Waals surface area contributed by atoms with Crippen molar-refractivity contribution < 1.29 is 8.78 Å². The highest BCUT2D eigenvalue weighted by Gasteiger charge is 2.15. The zero-order chi connectivity index (χ0) is 13.1. The van der Waals surface area contributed by atoms with E-state index in [1.807, 2.05) is 13.0 Å². The first kappa shape index (κ1) is 13.1. The molecule has 0 aliphatic heterocycles. The van der Waals surface area contributed by atoms with Crippen LogP contribution in [0, 0.1) is 0 Å². The molecule has 1 heterocycles. The van der Waals surface area contributed by atoms with Crippen molar-refractivity contribution in [3.05, 3.63) is 28.5 Å². The molecule has 0 spiro atoms. The van der Waals surface area contributed by atoms with Gasteiger partial charge in [-0.1, -0.05) is 22.9 Å². The lowest BCUT2D eigenvalue weighted by Gasteiger charge is -2.10. The molecule has 6 heteroatoms. The summed E-state index contributed by atoms with van der Waals surface area (Å²) in [5.41, 5.74) is 0.516. The van der Waals surface area contributed by atoms with Gasteiger partial charge in [-0.2, -0.15) is 0 Å². The monoisotopic (exact) mass is 315 g/mol. The standard InChI is InChI=1S/C12H12BrF2N3/c1-2-5-16-11-8-6-7(13)3-4-9(8)17-12(18-11)10(14)15/h3-4,6,10H,2,5H2,1H3,(H,16,17,18). The number of rotatable bonds is 4. The van der Waals surface area contributed by atoms with Gasteiger partial charge in [0.1, 0.15) is 5.82 Å². The minimum atomic E-state index is -2.67. The number of fused-ring (bicyclic) bond motifs is 1. The Balaban J connectivity index is 2.57. The first-order valence-corrected chi connectivity index (χ1v) is 6.40. The Hall–Kier alpha value is -1.30. The average Bonchev–Trinajstić information content (AvgIpc) is 2.35. The van der Waals surface area contributed by atoms with Gasteiger partial charge in [0.15, 0.2) is 5.82 Å². The van der Waals surface area contributed by atoms with Crippen molar-refractivity contribution in [3.63, 3.8) is 0 Å². The second-order valence-corrected chi connectivity index (χ2v) is 4.74. The molecule has 1 aromatic heterocycles. The summed E-state index contributed by atoms with van der Waals surface area (Å²) in [4.78, 5) is 7.75. The summed E-state index contributed by atoms with van der Waals surface area (Å²) in [6.07, 6.45) is -1.77. The lowest BCUT2D eigenvalue weighted by molar-refractivity contribution is 0.141. The number of nitrogens with one attached hydrogen (secondary N) is 1. The predicted octanol–water partition coefficient (Wildman–Crippen LogP) is 4.15. The summed E-state index contributed by atoms with van der Waals surface area (Å²) in [6.45, 7) is 2.68. The third kappa shape index (κ3) is 2.75. The lowest BCUT2D eigenvalue weighted by Crippen LogP contribution is -2.06. The third-order valence-corrected chi connectivity index (χ3v) is 2.91. The van der Waals surface area contributed by atoms with Crippen LogP contribution in [0.25, 0.3) is 10.9 Å². The normalized spacial score (nSPS) is 11.2. The maximum atomic E-state index is 12.7. The largest absolute Gasteiger partial charge is 0.369 e. The maximum absolute atomic E-state index is 12.7. The Morgan fingerprint density at radius 1 is 1.33 bits per heavy atom. The lowest BCUT2D eigenvalue weighted by atomic mass is 10.2. The Kier molecular flexibility index (Phi) is 4.06. The van der Waals surface area contributed by atoms with Gasteiger partial charge in [-0.05, 0) is 24.6 Å². The Morgan fingerprint density at radius 3 is 2.78 bits per heavy atom. The van der Waals surface area contributed by atoms with Gasteiger partial charge >= 0.3 is 0 Å². The number of benzene rings is 1. The fourth-order valence-electron chi connectivity index (χ4n) is 1.59. The van der Waals surface area contributed by atoms with E-state index in [0.29, 0.717) is 17.9 Å². The first-order chi connectivity index (χ1) is 8.61. The zero-order valence-electron chi connectivity index (χ0n) is 9.75. The number of aromatic nitrogens is 2. The smallest absolute Gasteiger partial charge is 0.297 e. The molecule has 0 amide bonds. The van der Waals surface area contributed by atoms with Gasteiger partial charge in [0.25, 0.3) is 6.43 Å². The van der Waals surface area contributed by atoms with Crippen LogP contribution in [0.5, 0.6) is 0 Å². The molecule has 0 unspecified atom stereocenters. The molecule has 2 rings (SSSR count). The van der Waals surface area contributed by atoms with Crippen LogP contribution in [0.2, 0.25) is 0 Å². The summed E-state index contributed by atoms with van der Waals surface area (Å²) in [7, 11) is 0. The van der Waals surface area contributed by atoms with E-state index >= 15 is 0 Å². The highest BCUT2D eigenvalue weighted by Crippen LogP contribution is 2.27. The second kappa shape index (κ2) is 5.56. The van der Waals surface area contributed by atoms with Gasteiger partial charge in [-0.25, -0.2) is 18.7 Å². The summed E-state index contributed by atoms with van der Waals surface area (Å²) in [5, 5.41) is 3.79. The molecule has 0 atom stereocenters. The molecule has 0 fully saturated rings. The van der Waals surface area contributed by atoms with E-state index in [1.54, 1.807) is 12.1 Å². The zero-order valence-corrected chi connectivity index (χ0v) is 11.3. The molecule has 0 bridgehead atoms. The van der Waals surface area contributed by atoms with Crippen molar-refractivity contribution in [2.24, 2.45) is 0 Å². The molecule has 3 nitrogen and oxygen atoms in total. The van der Waals surface area contributed by atoms with Gasteiger partial charge in [0, 0.05) is 16.4 Å². The van der Waals surface area contributed by atoms with Gasteiger partial charge in [-0.15, -0.1) is 0 Å². The van der Waals surface area contributed by atoms with E-state index in [4.69, 9.17) is 0 Å². The van der Waals surface area contributed by atoms with Crippen molar-refractivity contribution in [3.8, 4) is 0 Å². The molecule has 2 aromatic rings. The van der Waals surface area contributed by atoms with Crippen LogP contribution in [0.3, 0.4) is 0 Å². The molecule has 0 saturated heterocycles. The van der Waals surface area contributed by atoms with Crippen molar-refractivity contribution in [2.45, 2.75) is 19.8 Å². The average molecular weight is 316 g/mol. The fourth-order valence-corrected chi connectivity index (χ4v) is 1.96. The number of nitrogens with zero attached hydrogens (tertiary/aromatic N) is 2. The van der Waals surface area contributed by atoms with E-state index in [-0.39, 0.29) is 0 Å². The number of alkyl halides is 2. The van der Waals surface area contributed by atoms with Crippen molar-refractivity contribution in [2.75, 3.05) is 11.9 Å². The van der Waals surface area contributed by atoms with E-state index in [9.17, 15) is 8.78 Å². The molecule has 1 aromatic carbocycles. The minimum absolute atomic E-state index is 0.441. The van der Waals surface area contributed by atoms with Crippen molar-refractivity contribution in [1.29, 1.82) is 0 Å². The van der Waals surface area contributed by atoms with Crippen LogP contribution in [-0.2, 0) is 0 Å². The Bertz CT molecular complexity index is 560. The Labute approximate surface area is 112 Å². The van der Waals surface area contributed by atoms with Gasteiger partial charge in [0.05, 0.1) is 5.52 Å². The number of anilines is 1. The quantitative estimate of drug-likeness (QED) is 0.921. The highest BCUT2D eigenvalue weighted by molar-refractivity contribution is 9.10. The molecule has 96 valence electrons. The SMILES string of the molecule is CCCNc1nc(C(F)F)nc2ccc(Br)cc12. The van der Waals surface area contributed by atoms with Gasteiger partial charge < -0.3 is 5.32 Å². The highest BCUT2D eigenvalue weighted by atomic mass is 79.9. The first-order valence-electron chi connectivity index (χ1n) is 5.61. The number of hydrogen-bond donors (Lipinski definition) is 1. The van der Waals surface area contributed by atoms with Crippen LogP contribution < -0.4 is 5.32 Å². The van der Waals surface area contributed by atoms with Crippen LogP contribution in [0.4, 0.5) is 14.6 Å². The van der Waals surface area contributed by atoms with E-state index in [0.717, 1.165) is 16.3 Å². The third-order valence-electron chi connectivity index (χ3n) is 2.41. The predicted molar refractivity (Wildman–Crippen MR) is 71.0 cm³/mol. The van der Waals surface area contributed by atoms with Gasteiger partial charge in [0.2, 0.25) is 0 Å². The fraction of sp³-hybridized carbons (Fsp3) is 0.333. The molecule has 18 heavy (non-hydrogen) atoms. The minimum Gasteiger partial charge on any atom is -0.369 e. The van der Waals surface area contributed by atoms with Crippen LogP contribution >= 0.6 is 15.9 Å². The van der Waals surface area contributed by atoms with Crippen LogP contribution in [0.15, 0.2) is 22.7 Å². The summed E-state index contributed by atoms with van der Waals surface area (Å²) < 4.78 is 26.3. The molecule has 0 saturated carbocycles. The van der Waals surface area contributed by atoms with E-state index in [2.05, 4.69) is 31.2 Å². The van der Waals surface area contributed by atoms with Crippen LogP contribution in [0.1, 0.15) is 25.6 Å². The molecule has 0 aliphatic rings. The van der Waals surface area contributed by atoms with Crippen molar-refractivity contribution >= 4 is 32.7 Å². The topological polar surface area (TPSA) is 37.8 Å². The van der Waals surface area contributed by atoms with Crippen LogP contribution in [-0.4, -0.2) is 16.5 Å². The molecule has 0 aliphatic carbocycles. The number of halogens is 3. The molecule has 0 radical (unpaired) electrons. The summed E-state index contributed by atoms with van der Waals surface area (Å²) in [6, 6.07) is 5.29. The molecular weight excluding hydrogens is 304 g/mol. The number of hydrogen-bond acceptors (Lipinski definition) is 3. The molecular formula is C12H12BrF2N3.